The minimum absolute atomic E-state index is 0.0799. The number of carbonyl (C=O) groups is 1. The molecule has 0 saturated heterocycles. The molecule has 0 heterocycles. The molecular formula is C16H17FN2O. The number of hydrogen-bond acceptors (Lipinski definition) is 2. The number of anilines is 2. The Morgan fingerprint density at radius 2 is 1.95 bits per heavy atom. The van der Waals surface area contributed by atoms with Crippen molar-refractivity contribution in [2.24, 2.45) is 0 Å². The van der Waals surface area contributed by atoms with Gasteiger partial charge in [0, 0.05) is 17.9 Å². The molecule has 0 atom stereocenters. The molecule has 3 nitrogen and oxygen atoms in total. The molecule has 1 amide bonds. The second-order valence-corrected chi connectivity index (χ2v) is 4.54. The van der Waals surface area contributed by atoms with E-state index in [2.05, 4.69) is 0 Å². The Morgan fingerprint density at radius 3 is 2.60 bits per heavy atom. The third kappa shape index (κ3) is 3.35. The molecule has 0 bridgehead atoms. The quantitative estimate of drug-likeness (QED) is 0.870. The lowest BCUT2D eigenvalue weighted by molar-refractivity contribution is -0.117. The van der Waals surface area contributed by atoms with Gasteiger partial charge in [0.2, 0.25) is 5.91 Å². The predicted molar refractivity (Wildman–Crippen MR) is 79.0 cm³/mol. The Hall–Kier alpha value is -2.36. The summed E-state index contributed by atoms with van der Waals surface area (Å²) in [5, 5.41) is 0. The average molecular weight is 272 g/mol. The maximum absolute atomic E-state index is 13.1. The highest BCUT2D eigenvalue weighted by Gasteiger charge is 2.14. The summed E-state index contributed by atoms with van der Waals surface area (Å²) >= 11 is 0. The lowest BCUT2D eigenvalue weighted by atomic mass is 10.1. The van der Waals surface area contributed by atoms with Gasteiger partial charge in [-0.25, -0.2) is 4.39 Å². The minimum Gasteiger partial charge on any atom is -0.399 e. The van der Waals surface area contributed by atoms with E-state index in [4.69, 9.17) is 5.73 Å². The van der Waals surface area contributed by atoms with Crippen molar-refractivity contribution in [3.05, 3.63) is 59.9 Å². The van der Waals surface area contributed by atoms with Crippen molar-refractivity contribution in [3.8, 4) is 0 Å². The van der Waals surface area contributed by atoms with Crippen LogP contribution in [0.3, 0.4) is 0 Å². The number of benzene rings is 2. The van der Waals surface area contributed by atoms with Crippen LogP contribution in [-0.4, -0.2) is 12.5 Å². The van der Waals surface area contributed by atoms with E-state index in [1.54, 1.807) is 29.2 Å². The lowest BCUT2D eigenvalue weighted by Crippen LogP contribution is -2.32. The third-order valence-corrected chi connectivity index (χ3v) is 3.04. The zero-order chi connectivity index (χ0) is 14.5. The van der Waals surface area contributed by atoms with E-state index in [9.17, 15) is 9.18 Å². The van der Waals surface area contributed by atoms with Crippen molar-refractivity contribution >= 4 is 17.3 Å². The molecule has 2 aromatic carbocycles. The van der Waals surface area contributed by atoms with Crippen LogP contribution >= 0.6 is 0 Å². The van der Waals surface area contributed by atoms with Gasteiger partial charge in [-0.1, -0.05) is 18.2 Å². The molecule has 0 spiro atoms. The van der Waals surface area contributed by atoms with E-state index in [1.165, 1.54) is 12.1 Å². The van der Waals surface area contributed by atoms with Crippen molar-refractivity contribution in [1.29, 1.82) is 0 Å². The van der Waals surface area contributed by atoms with E-state index < -0.39 is 0 Å². The standard InChI is InChI=1S/C16H17FN2O/c1-2-19(15-8-4-7-14(18)11-15)16(20)10-12-5-3-6-13(17)9-12/h3-9,11H,2,10,18H2,1H3. The first kappa shape index (κ1) is 14.1. The smallest absolute Gasteiger partial charge is 0.231 e. The first-order valence-electron chi connectivity index (χ1n) is 6.50. The van der Waals surface area contributed by atoms with Crippen LogP contribution in [0.4, 0.5) is 15.8 Å². The maximum atomic E-state index is 13.1. The molecule has 20 heavy (non-hydrogen) atoms. The lowest BCUT2D eigenvalue weighted by Gasteiger charge is -2.21. The van der Waals surface area contributed by atoms with Gasteiger partial charge in [0.1, 0.15) is 5.82 Å². The Morgan fingerprint density at radius 1 is 1.20 bits per heavy atom. The molecule has 0 aromatic heterocycles. The molecule has 0 saturated carbocycles. The Balaban J connectivity index is 2.17. The van der Waals surface area contributed by atoms with E-state index in [1.807, 2.05) is 19.1 Å². The zero-order valence-electron chi connectivity index (χ0n) is 11.3. The summed E-state index contributed by atoms with van der Waals surface area (Å²) in [4.78, 5) is 14.0. The largest absolute Gasteiger partial charge is 0.399 e. The molecule has 4 heteroatoms. The van der Waals surface area contributed by atoms with Gasteiger partial charge in [-0.15, -0.1) is 0 Å². The molecule has 2 aromatic rings. The summed E-state index contributed by atoms with van der Waals surface area (Å²) in [6.45, 7) is 2.43. The van der Waals surface area contributed by atoms with Gasteiger partial charge in [-0.05, 0) is 42.8 Å². The Labute approximate surface area is 117 Å². The fraction of sp³-hybridized carbons (Fsp3) is 0.188. The van der Waals surface area contributed by atoms with Crippen LogP contribution < -0.4 is 10.6 Å². The number of nitrogens with two attached hydrogens (primary N) is 1. The Kier molecular flexibility index (Phi) is 4.35. The SMILES string of the molecule is CCN(C(=O)Cc1cccc(F)c1)c1cccc(N)c1. The summed E-state index contributed by atoms with van der Waals surface area (Å²) in [6.07, 6.45) is 0.167. The molecule has 0 radical (unpaired) electrons. The summed E-state index contributed by atoms with van der Waals surface area (Å²) in [5.41, 5.74) is 7.77. The molecule has 0 aliphatic carbocycles. The number of halogens is 1. The van der Waals surface area contributed by atoms with Gasteiger partial charge in [0.15, 0.2) is 0 Å². The molecular weight excluding hydrogens is 255 g/mol. The predicted octanol–water partition coefficient (Wildman–Crippen LogP) is 3.00. The topological polar surface area (TPSA) is 46.3 Å². The van der Waals surface area contributed by atoms with Crippen LogP contribution in [0.2, 0.25) is 0 Å². The zero-order valence-corrected chi connectivity index (χ0v) is 11.3. The molecule has 0 unspecified atom stereocenters. The van der Waals surface area contributed by atoms with Crippen molar-refractivity contribution in [3.63, 3.8) is 0 Å². The van der Waals surface area contributed by atoms with Gasteiger partial charge in [-0.2, -0.15) is 0 Å². The van der Waals surface area contributed by atoms with Crippen LogP contribution in [0.15, 0.2) is 48.5 Å². The maximum Gasteiger partial charge on any atom is 0.231 e. The summed E-state index contributed by atoms with van der Waals surface area (Å²) in [7, 11) is 0. The molecule has 2 N–H and O–H groups in total. The van der Waals surface area contributed by atoms with Crippen molar-refractivity contribution < 1.29 is 9.18 Å². The fourth-order valence-corrected chi connectivity index (χ4v) is 2.11. The number of nitrogens with zero attached hydrogens (tertiary/aromatic N) is 1. The number of amides is 1. The Bertz CT molecular complexity index is 613. The van der Waals surface area contributed by atoms with Gasteiger partial charge in [-0.3, -0.25) is 4.79 Å². The van der Waals surface area contributed by atoms with Crippen molar-refractivity contribution in [2.45, 2.75) is 13.3 Å². The van der Waals surface area contributed by atoms with E-state index in [-0.39, 0.29) is 18.1 Å². The van der Waals surface area contributed by atoms with Crippen LogP contribution in [0.25, 0.3) is 0 Å². The summed E-state index contributed by atoms with van der Waals surface area (Å²) in [6, 6.07) is 13.3. The van der Waals surface area contributed by atoms with Crippen molar-refractivity contribution in [2.75, 3.05) is 17.2 Å². The first-order valence-corrected chi connectivity index (χ1v) is 6.50. The molecule has 0 aliphatic heterocycles. The van der Waals surface area contributed by atoms with Crippen LogP contribution in [0.1, 0.15) is 12.5 Å². The highest BCUT2D eigenvalue weighted by molar-refractivity contribution is 5.95. The van der Waals surface area contributed by atoms with Crippen LogP contribution in [0, 0.1) is 5.82 Å². The summed E-state index contributed by atoms with van der Waals surface area (Å²) in [5.74, 6) is -0.411. The average Bonchev–Trinajstić information content (AvgIpc) is 2.39. The third-order valence-electron chi connectivity index (χ3n) is 3.04. The van der Waals surface area contributed by atoms with Gasteiger partial charge < -0.3 is 10.6 Å². The van der Waals surface area contributed by atoms with Crippen LogP contribution in [-0.2, 0) is 11.2 Å². The second kappa shape index (κ2) is 6.19. The second-order valence-electron chi connectivity index (χ2n) is 4.54. The number of nitrogen functional groups attached to an aromatic ring is 1. The number of likely N-dealkylation sites (N-methyl/N-ethyl adjacent to an activating group) is 1. The van der Waals surface area contributed by atoms with Gasteiger partial charge in [0.25, 0.3) is 0 Å². The number of carbonyl (C=O) groups excluding carboxylic acids is 1. The van der Waals surface area contributed by atoms with Gasteiger partial charge in [0.05, 0.1) is 6.42 Å². The molecule has 0 aliphatic rings. The normalized spacial score (nSPS) is 10.3. The minimum atomic E-state index is -0.331. The fourth-order valence-electron chi connectivity index (χ4n) is 2.11. The van der Waals surface area contributed by atoms with E-state index >= 15 is 0 Å². The summed E-state index contributed by atoms with van der Waals surface area (Å²) < 4.78 is 13.1. The number of rotatable bonds is 4. The van der Waals surface area contributed by atoms with Gasteiger partial charge >= 0.3 is 0 Å². The highest BCUT2D eigenvalue weighted by Crippen LogP contribution is 2.18. The van der Waals surface area contributed by atoms with E-state index in [0.29, 0.717) is 17.8 Å². The van der Waals surface area contributed by atoms with Crippen molar-refractivity contribution in [1.82, 2.24) is 0 Å². The molecule has 0 fully saturated rings. The highest BCUT2D eigenvalue weighted by atomic mass is 19.1. The van der Waals surface area contributed by atoms with Crippen LogP contribution in [0.5, 0.6) is 0 Å². The van der Waals surface area contributed by atoms with E-state index in [0.717, 1.165) is 5.69 Å². The number of hydrogen-bond donors (Lipinski definition) is 1. The first-order chi connectivity index (χ1) is 9.60. The monoisotopic (exact) mass is 272 g/mol. The molecule has 2 rings (SSSR count). The molecule has 104 valence electrons.